The molecule has 0 aliphatic carbocycles. The third-order valence-electron chi connectivity index (χ3n) is 3.67. The van der Waals surface area contributed by atoms with Crippen molar-refractivity contribution in [1.82, 2.24) is 9.99 Å². The second kappa shape index (κ2) is 10.7. The Bertz CT molecular complexity index is 475. The van der Waals surface area contributed by atoms with E-state index in [-0.39, 0.29) is 6.10 Å². The van der Waals surface area contributed by atoms with E-state index in [2.05, 4.69) is 22.2 Å². The number of thiol groups is 1. The van der Waals surface area contributed by atoms with Gasteiger partial charge in [-0.3, -0.25) is 4.67 Å². The molecule has 8 heteroatoms. The first kappa shape index (κ1) is 19.2. The maximum Gasteiger partial charge on any atom is 0.118 e. The normalized spacial score (nSPS) is 23.5. The summed E-state index contributed by atoms with van der Waals surface area (Å²) in [6.45, 7) is 6.30. The maximum absolute atomic E-state index is 5.77. The highest BCUT2D eigenvalue weighted by Crippen LogP contribution is 2.36. The SMILES string of the molecule is C1COCCN1.COc1ccc(C2CN([PH](=S)S)CCO2)cc1. The molecule has 2 fully saturated rings. The molecular weight excluding hydrogens is 351 g/mol. The van der Waals surface area contributed by atoms with E-state index in [1.165, 1.54) is 5.56 Å². The first-order valence-corrected chi connectivity index (χ1v) is 11.6. The van der Waals surface area contributed by atoms with Crippen LogP contribution in [0.1, 0.15) is 11.7 Å². The minimum absolute atomic E-state index is 0.102. The van der Waals surface area contributed by atoms with Crippen molar-refractivity contribution in [3.8, 4) is 5.75 Å². The maximum atomic E-state index is 5.77. The number of rotatable bonds is 3. The third kappa shape index (κ3) is 6.70. The van der Waals surface area contributed by atoms with Crippen molar-refractivity contribution in [2.24, 2.45) is 0 Å². The highest BCUT2D eigenvalue weighted by Gasteiger charge is 2.22. The van der Waals surface area contributed by atoms with Crippen LogP contribution in [0.2, 0.25) is 0 Å². The molecule has 2 aliphatic rings. The van der Waals surface area contributed by atoms with Gasteiger partial charge in [0.05, 0.1) is 39.1 Å². The van der Waals surface area contributed by atoms with E-state index < -0.39 is 6.05 Å². The fourth-order valence-corrected chi connectivity index (χ4v) is 4.01. The summed E-state index contributed by atoms with van der Waals surface area (Å²) in [4.78, 5) is 0. The summed E-state index contributed by atoms with van der Waals surface area (Å²) in [7, 11) is 1.67. The Hall–Kier alpha value is -0.140. The summed E-state index contributed by atoms with van der Waals surface area (Å²) in [6, 6.07) is 6.92. The average Bonchev–Trinajstić information content (AvgIpc) is 2.64. The smallest absolute Gasteiger partial charge is 0.118 e. The minimum Gasteiger partial charge on any atom is -0.497 e. The molecule has 0 aromatic heterocycles. The Morgan fingerprint density at radius 2 is 1.96 bits per heavy atom. The van der Waals surface area contributed by atoms with Gasteiger partial charge in [0.2, 0.25) is 0 Å². The number of nitrogens with zero attached hydrogens (tertiary/aromatic N) is 1. The topological polar surface area (TPSA) is 43.0 Å². The molecular formula is C15H25N2O3PS2. The van der Waals surface area contributed by atoms with Crippen LogP contribution >= 0.6 is 18.3 Å². The molecule has 0 radical (unpaired) electrons. The number of ether oxygens (including phenoxy) is 3. The van der Waals surface area contributed by atoms with Gasteiger partial charge in [0.15, 0.2) is 0 Å². The van der Waals surface area contributed by atoms with Crippen molar-refractivity contribution < 1.29 is 14.2 Å². The quantitative estimate of drug-likeness (QED) is 0.622. The van der Waals surface area contributed by atoms with E-state index in [0.29, 0.717) is 0 Å². The fraction of sp³-hybridized carbons (Fsp3) is 0.600. The number of morpholine rings is 2. The number of nitrogens with one attached hydrogen (secondary N) is 1. The first-order valence-electron chi connectivity index (χ1n) is 7.72. The summed E-state index contributed by atoms with van der Waals surface area (Å²) in [5.74, 6) is 0.864. The van der Waals surface area contributed by atoms with Crippen molar-refractivity contribution in [2.45, 2.75) is 6.10 Å². The molecule has 130 valence electrons. The predicted molar refractivity (Wildman–Crippen MR) is 102 cm³/mol. The molecule has 1 aromatic rings. The zero-order chi connectivity index (χ0) is 16.5. The standard InChI is InChI=1S/C11H16NO2PS2.C4H9NO/c1-13-10-4-2-9(3-5-10)11-8-12(15(16)17)6-7-14-11;1-3-6-4-2-5-1/h2-5,11,15H,6-8H2,1H3,(H,16,17);5H,1-4H2. The van der Waals surface area contributed by atoms with E-state index in [1.807, 2.05) is 24.3 Å². The molecule has 1 aromatic carbocycles. The number of methoxy groups -OCH3 is 1. The zero-order valence-corrected chi connectivity index (χ0v) is 16.1. The molecule has 23 heavy (non-hydrogen) atoms. The van der Waals surface area contributed by atoms with Gasteiger partial charge in [-0.05, 0) is 17.7 Å². The van der Waals surface area contributed by atoms with E-state index in [4.69, 9.17) is 26.0 Å². The van der Waals surface area contributed by atoms with Crippen molar-refractivity contribution in [3.05, 3.63) is 29.8 Å². The summed E-state index contributed by atoms with van der Waals surface area (Å²) >= 11 is 9.65. The van der Waals surface area contributed by atoms with Crippen LogP contribution in [-0.2, 0) is 21.3 Å². The van der Waals surface area contributed by atoms with Crippen molar-refractivity contribution in [3.63, 3.8) is 0 Å². The van der Waals surface area contributed by atoms with Crippen LogP contribution in [0.25, 0.3) is 0 Å². The van der Waals surface area contributed by atoms with Crippen molar-refractivity contribution in [1.29, 1.82) is 0 Å². The Kier molecular flexibility index (Phi) is 8.90. The lowest BCUT2D eigenvalue weighted by molar-refractivity contribution is -0.000170. The molecule has 2 aliphatic heterocycles. The molecule has 2 heterocycles. The molecule has 2 unspecified atom stereocenters. The molecule has 2 atom stereocenters. The van der Waals surface area contributed by atoms with Crippen LogP contribution in [0.3, 0.4) is 0 Å². The predicted octanol–water partition coefficient (Wildman–Crippen LogP) is 2.11. The molecule has 0 bridgehead atoms. The fourth-order valence-electron chi connectivity index (χ4n) is 2.36. The summed E-state index contributed by atoms with van der Waals surface area (Å²) in [6.07, 6.45) is 0.102. The molecule has 0 spiro atoms. The van der Waals surface area contributed by atoms with Crippen LogP contribution in [0.4, 0.5) is 0 Å². The molecule has 2 saturated heterocycles. The Balaban J connectivity index is 0.000000268. The van der Waals surface area contributed by atoms with Gasteiger partial charge in [-0.2, -0.15) is 0 Å². The number of hydrogen-bond donors (Lipinski definition) is 2. The monoisotopic (exact) mass is 376 g/mol. The molecule has 3 rings (SSSR count). The Labute approximate surface area is 149 Å². The van der Waals surface area contributed by atoms with Gasteiger partial charge in [0, 0.05) is 26.2 Å². The van der Waals surface area contributed by atoms with Crippen LogP contribution in [0.15, 0.2) is 24.3 Å². The van der Waals surface area contributed by atoms with Gasteiger partial charge in [0.1, 0.15) is 5.75 Å². The van der Waals surface area contributed by atoms with Gasteiger partial charge in [0.25, 0.3) is 0 Å². The second-order valence-corrected chi connectivity index (χ2v) is 9.76. The summed E-state index contributed by atoms with van der Waals surface area (Å²) in [5.41, 5.74) is 1.17. The lowest BCUT2D eigenvalue weighted by atomic mass is 10.1. The molecule has 1 N–H and O–H groups in total. The summed E-state index contributed by atoms with van der Waals surface area (Å²) < 4.78 is 18.2. The van der Waals surface area contributed by atoms with E-state index >= 15 is 0 Å². The highest BCUT2D eigenvalue weighted by molar-refractivity contribution is 8.55. The van der Waals surface area contributed by atoms with E-state index in [9.17, 15) is 0 Å². The highest BCUT2D eigenvalue weighted by atomic mass is 32.9. The van der Waals surface area contributed by atoms with Crippen LogP contribution in [0.5, 0.6) is 5.75 Å². The Morgan fingerprint density at radius 3 is 2.43 bits per heavy atom. The first-order chi connectivity index (χ1) is 11.2. The largest absolute Gasteiger partial charge is 0.497 e. The van der Waals surface area contributed by atoms with Crippen molar-refractivity contribution in [2.75, 3.05) is 53.1 Å². The number of benzene rings is 1. The van der Waals surface area contributed by atoms with E-state index in [1.54, 1.807) is 7.11 Å². The molecule has 0 saturated carbocycles. The summed E-state index contributed by atoms with van der Waals surface area (Å²) in [5, 5.41) is 3.16. The van der Waals surface area contributed by atoms with Crippen LogP contribution in [-0.4, -0.2) is 57.8 Å². The van der Waals surface area contributed by atoms with Crippen LogP contribution < -0.4 is 10.1 Å². The average molecular weight is 376 g/mol. The van der Waals surface area contributed by atoms with E-state index in [0.717, 1.165) is 51.7 Å². The second-order valence-electron chi connectivity index (χ2n) is 5.22. The van der Waals surface area contributed by atoms with Gasteiger partial charge in [-0.25, -0.2) is 0 Å². The number of hydrogen-bond acceptors (Lipinski definition) is 5. The van der Waals surface area contributed by atoms with Crippen LogP contribution in [0, 0.1) is 0 Å². The molecule has 0 amide bonds. The lowest BCUT2D eigenvalue weighted by Gasteiger charge is -2.32. The van der Waals surface area contributed by atoms with Crippen molar-refractivity contribution >= 4 is 30.1 Å². The minimum atomic E-state index is -1.08. The van der Waals surface area contributed by atoms with Gasteiger partial charge < -0.3 is 19.5 Å². The van der Waals surface area contributed by atoms with Gasteiger partial charge >= 0.3 is 0 Å². The Morgan fingerprint density at radius 1 is 1.26 bits per heavy atom. The zero-order valence-electron chi connectivity index (χ0n) is 13.4. The third-order valence-corrected chi connectivity index (χ3v) is 6.24. The molecule has 5 nitrogen and oxygen atoms in total. The van der Waals surface area contributed by atoms with Gasteiger partial charge in [-0.1, -0.05) is 23.9 Å². The van der Waals surface area contributed by atoms with Gasteiger partial charge in [-0.15, -0.1) is 12.2 Å². The lowest BCUT2D eigenvalue weighted by Crippen LogP contribution is -2.33.